The Hall–Kier alpha value is -1.94. The molecule has 0 bridgehead atoms. The number of halogens is 3. The van der Waals surface area contributed by atoms with E-state index in [2.05, 4.69) is 4.98 Å². The maximum absolute atomic E-state index is 13.4. The van der Waals surface area contributed by atoms with Gasteiger partial charge in [-0.1, -0.05) is 6.07 Å². The van der Waals surface area contributed by atoms with Gasteiger partial charge in [0, 0.05) is 6.07 Å². The van der Waals surface area contributed by atoms with Crippen molar-refractivity contribution in [2.45, 2.75) is 12.8 Å². The fourth-order valence-corrected chi connectivity index (χ4v) is 2.42. The molecule has 20 heavy (non-hydrogen) atoms. The van der Waals surface area contributed by atoms with Crippen molar-refractivity contribution in [3.63, 3.8) is 0 Å². The Kier molecular flexibility index (Phi) is 3.18. The van der Waals surface area contributed by atoms with Crippen LogP contribution in [0.2, 0.25) is 0 Å². The highest BCUT2D eigenvalue weighted by molar-refractivity contribution is 6.17. The van der Waals surface area contributed by atoms with Gasteiger partial charge in [-0.25, -0.2) is 13.8 Å². The molecule has 2 nitrogen and oxygen atoms in total. The lowest BCUT2D eigenvalue weighted by molar-refractivity contribution is 0.508. The predicted octanol–water partition coefficient (Wildman–Crippen LogP) is 4.35. The number of rotatable bonds is 2. The van der Waals surface area contributed by atoms with Crippen molar-refractivity contribution < 1.29 is 8.78 Å². The summed E-state index contributed by atoms with van der Waals surface area (Å²) in [5.41, 5.74) is 3.16. The molecule has 3 aromatic rings. The molecule has 0 aliphatic rings. The van der Waals surface area contributed by atoms with E-state index in [0.717, 1.165) is 28.7 Å². The zero-order valence-corrected chi connectivity index (χ0v) is 11.5. The highest BCUT2D eigenvalue weighted by atomic mass is 35.5. The molecule has 0 saturated heterocycles. The molecule has 0 N–H and O–H groups in total. The average Bonchev–Trinajstić information content (AvgIpc) is 2.79. The Bertz CT molecular complexity index is 796. The molecule has 1 aromatic heterocycles. The lowest BCUT2D eigenvalue weighted by Gasteiger charge is -2.08. The number of aromatic nitrogens is 2. The molecule has 0 atom stereocenters. The van der Waals surface area contributed by atoms with Crippen molar-refractivity contribution in [3.05, 3.63) is 59.4 Å². The third-order valence-electron chi connectivity index (χ3n) is 3.16. The fraction of sp³-hybridized carbons (Fsp3) is 0.133. The van der Waals surface area contributed by atoms with Gasteiger partial charge in [-0.2, -0.15) is 0 Å². The first-order valence-corrected chi connectivity index (χ1v) is 6.63. The molecule has 0 fully saturated rings. The average molecular weight is 293 g/mol. The van der Waals surface area contributed by atoms with Crippen molar-refractivity contribution in [2.24, 2.45) is 0 Å². The van der Waals surface area contributed by atoms with Crippen LogP contribution in [0.3, 0.4) is 0 Å². The maximum atomic E-state index is 13.4. The molecule has 5 heteroatoms. The van der Waals surface area contributed by atoms with Crippen LogP contribution in [-0.4, -0.2) is 9.55 Å². The maximum Gasteiger partial charge on any atom is 0.160 e. The van der Waals surface area contributed by atoms with E-state index >= 15 is 0 Å². The van der Waals surface area contributed by atoms with Crippen LogP contribution in [-0.2, 0) is 5.88 Å². The summed E-state index contributed by atoms with van der Waals surface area (Å²) in [6.07, 6.45) is 0. The normalized spacial score (nSPS) is 11.2. The number of fused-ring (bicyclic) bond motifs is 1. The number of nitrogens with zero attached hydrogens (tertiary/aromatic N) is 2. The molecule has 1 heterocycles. The lowest BCUT2D eigenvalue weighted by atomic mass is 10.2. The Balaban J connectivity index is 2.32. The van der Waals surface area contributed by atoms with E-state index in [1.54, 1.807) is 4.57 Å². The monoisotopic (exact) mass is 292 g/mol. The first-order chi connectivity index (χ1) is 9.60. The van der Waals surface area contributed by atoms with Gasteiger partial charge in [0.25, 0.3) is 0 Å². The van der Waals surface area contributed by atoms with Crippen molar-refractivity contribution in [2.75, 3.05) is 0 Å². The lowest BCUT2D eigenvalue weighted by Crippen LogP contribution is -2.00. The van der Waals surface area contributed by atoms with Crippen LogP contribution in [0.4, 0.5) is 8.78 Å². The first kappa shape index (κ1) is 13.1. The molecule has 102 valence electrons. The van der Waals surface area contributed by atoms with E-state index in [0.29, 0.717) is 11.5 Å². The van der Waals surface area contributed by atoms with Crippen molar-refractivity contribution >= 4 is 22.6 Å². The molecule has 0 aliphatic heterocycles. The third-order valence-corrected chi connectivity index (χ3v) is 3.40. The van der Waals surface area contributed by atoms with Gasteiger partial charge in [0.15, 0.2) is 11.6 Å². The summed E-state index contributed by atoms with van der Waals surface area (Å²) in [6.45, 7) is 1.96. The molecule has 0 aliphatic carbocycles. The number of hydrogen-bond acceptors (Lipinski definition) is 1. The van der Waals surface area contributed by atoms with E-state index in [9.17, 15) is 8.78 Å². The van der Waals surface area contributed by atoms with E-state index < -0.39 is 11.6 Å². The van der Waals surface area contributed by atoms with Crippen LogP contribution >= 0.6 is 11.6 Å². The van der Waals surface area contributed by atoms with Crippen LogP contribution in [0.1, 0.15) is 11.4 Å². The van der Waals surface area contributed by atoms with E-state index in [4.69, 9.17) is 11.6 Å². The predicted molar refractivity (Wildman–Crippen MR) is 75.3 cm³/mol. The summed E-state index contributed by atoms with van der Waals surface area (Å²) in [7, 11) is 0. The van der Waals surface area contributed by atoms with Crippen LogP contribution in [0.25, 0.3) is 16.7 Å². The summed E-state index contributed by atoms with van der Waals surface area (Å²) in [6, 6.07) is 9.54. The molecular weight excluding hydrogens is 282 g/mol. The molecular formula is C15H11ClF2N2. The zero-order chi connectivity index (χ0) is 14.3. The summed E-state index contributed by atoms with van der Waals surface area (Å²) in [4.78, 5) is 4.42. The van der Waals surface area contributed by atoms with E-state index in [1.165, 1.54) is 6.07 Å². The van der Waals surface area contributed by atoms with E-state index in [-0.39, 0.29) is 5.88 Å². The van der Waals surface area contributed by atoms with Crippen LogP contribution in [0.15, 0.2) is 36.4 Å². The Morgan fingerprint density at radius 2 is 1.90 bits per heavy atom. The van der Waals surface area contributed by atoms with Gasteiger partial charge in [0.2, 0.25) is 0 Å². The molecule has 0 unspecified atom stereocenters. The number of aryl methyl sites for hydroxylation is 1. The smallest absolute Gasteiger partial charge is 0.160 e. The number of imidazole rings is 1. The van der Waals surface area contributed by atoms with Gasteiger partial charge in [-0.05, 0) is 36.8 Å². The Labute approximate surface area is 119 Å². The van der Waals surface area contributed by atoms with Gasteiger partial charge >= 0.3 is 0 Å². The number of benzene rings is 2. The number of alkyl halides is 1. The fourth-order valence-electron chi connectivity index (χ4n) is 2.24. The Morgan fingerprint density at radius 3 is 2.60 bits per heavy atom. The van der Waals surface area contributed by atoms with Gasteiger partial charge in [0.1, 0.15) is 5.82 Å². The summed E-state index contributed by atoms with van der Waals surface area (Å²) in [5.74, 6) is -0.982. The second kappa shape index (κ2) is 4.87. The minimum absolute atomic E-state index is 0.187. The molecule has 3 rings (SSSR count). The summed E-state index contributed by atoms with van der Waals surface area (Å²) >= 11 is 5.91. The topological polar surface area (TPSA) is 17.8 Å². The molecule has 0 saturated carbocycles. The molecule has 0 spiro atoms. The second-order valence-electron chi connectivity index (χ2n) is 4.59. The Morgan fingerprint density at radius 1 is 1.10 bits per heavy atom. The first-order valence-electron chi connectivity index (χ1n) is 6.09. The van der Waals surface area contributed by atoms with Gasteiger partial charge in [0.05, 0.1) is 22.6 Å². The van der Waals surface area contributed by atoms with Crippen LogP contribution < -0.4 is 0 Å². The van der Waals surface area contributed by atoms with Crippen LogP contribution in [0, 0.1) is 18.6 Å². The molecule has 2 aromatic carbocycles. The number of hydrogen-bond donors (Lipinski definition) is 0. The minimum atomic E-state index is -0.891. The highest BCUT2D eigenvalue weighted by Gasteiger charge is 2.13. The standard InChI is InChI=1S/C15H11ClF2N2/c1-9-2-5-13-14(6-9)20(15(8-16)19-13)10-3-4-11(17)12(18)7-10/h2-7H,8H2,1H3. The molecule has 0 radical (unpaired) electrons. The van der Waals surface area contributed by atoms with E-state index in [1.807, 2.05) is 25.1 Å². The van der Waals surface area contributed by atoms with Gasteiger partial charge in [-0.15, -0.1) is 11.6 Å². The van der Waals surface area contributed by atoms with Crippen molar-refractivity contribution in [1.82, 2.24) is 9.55 Å². The summed E-state index contributed by atoms with van der Waals surface area (Å²) < 4.78 is 28.3. The SMILES string of the molecule is Cc1ccc2nc(CCl)n(-c3ccc(F)c(F)c3)c2c1. The largest absolute Gasteiger partial charge is 0.295 e. The van der Waals surface area contributed by atoms with Crippen molar-refractivity contribution in [3.8, 4) is 5.69 Å². The second-order valence-corrected chi connectivity index (χ2v) is 4.85. The van der Waals surface area contributed by atoms with Gasteiger partial charge in [-0.3, -0.25) is 4.57 Å². The minimum Gasteiger partial charge on any atom is -0.295 e. The highest BCUT2D eigenvalue weighted by Crippen LogP contribution is 2.24. The molecule has 0 amide bonds. The summed E-state index contributed by atoms with van der Waals surface area (Å²) in [5, 5.41) is 0. The van der Waals surface area contributed by atoms with Crippen LogP contribution in [0.5, 0.6) is 0 Å². The van der Waals surface area contributed by atoms with Gasteiger partial charge < -0.3 is 0 Å². The van der Waals surface area contributed by atoms with Crippen molar-refractivity contribution in [1.29, 1.82) is 0 Å². The zero-order valence-electron chi connectivity index (χ0n) is 10.7. The third kappa shape index (κ3) is 2.06. The quantitative estimate of drug-likeness (QED) is 0.642.